The van der Waals surface area contributed by atoms with Gasteiger partial charge in [-0.05, 0) is 50.9 Å². The number of piperidine rings is 1. The van der Waals surface area contributed by atoms with Gasteiger partial charge >= 0.3 is 0 Å². The number of benzene rings is 1. The summed E-state index contributed by atoms with van der Waals surface area (Å²) in [5.74, 6) is -0.798. The Labute approximate surface area is 136 Å². The van der Waals surface area contributed by atoms with Crippen LogP contribution in [0.2, 0.25) is 5.02 Å². The van der Waals surface area contributed by atoms with Gasteiger partial charge in [0.25, 0.3) is 5.91 Å². The molecule has 2 aliphatic rings. The van der Waals surface area contributed by atoms with E-state index in [1.165, 1.54) is 25.3 Å². The largest absolute Gasteiger partial charge is 0.337 e. The Morgan fingerprint density at radius 1 is 1.23 bits per heavy atom. The predicted octanol–water partition coefficient (Wildman–Crippen LogP) is 3.49. The summed E-state index contributed by atoms with van der Waals surface area (Å²) in [6, 6.07) is 3.35. The van der Waals surface area contributed by atoms with E-state index in [1.54, 1.807) is 17.9 Å². The number of amides is 1. The average molecular weight is 325 g/mol. The SMILES string of the molecule is Cc1ccc(F)c(C(=O)N2CC[C@H](N3CCCCC3)C2)c1Cl. The van der Waals surface area contributed by atoms with Crippen LogP contribution in [0.4, 0.5) is 4.39 Å². The zero-order chi connectivity index (χ0) is 15.7. The Hall–Kier alpha value is -1.13. The number of carbonyl (C=O) groups excluding carboxylic acids is 1. The van der Waals surface area contributed by atoms with Crippen molar-refractivity contribution in [1.82, 2.24) is 9.80 Å². The van der Waals surface area contributed by atoms with Gasteiger partial charge in [0.2, 0.25) is 0 Å². The van der Waals surface area contributed by atoms with Crippen LogP contribution in [0.25, 0.3) is 0 Å². The summed E-state index contributed by atoms with van der Waals surface area (Å²) in [4.78, 5) is 16.9. The van der Waals surface area contributed by atoms with Crippen LogP contribution in [0.15, 0.2) is 12.1 Å². The first kappa shape index (κ1) is 15.8. The molecular formula is C17H22ClFN2O. The van der Waals surface area contributed by atoms with Crippen molar-refractivity contribution in [2.75, 3.05) is 26.2 Å². The smallest absolute Gasteiger partial charge is 0.258 e. The third-order valence-corrected chi connectivity index (χ3v) is 5.34. The molecule has 1 atom stereocenters. The minimum atomic E-state index is -0.526. The summed E-state index contributed by atoms with van der Waals surface area (Å²) in [7, 11) is 0. The van der Waals surface area contributed by atoms with E-state index >= 15 is 0 Å². The third kappa shape index (κ3) is 2.99. The molecule has 2 aliphatic heterocycles. The topological polar surface area (TPSA) is 23.6 Å². The molecule has 3 nitrogen and oxygen atoms in total. The number of nitrogens with zero attached hydrogens (tertiary/aromatic N) is 2. The van der Waals surface area contributed by atoms with E-state index in [2.05, 4.69) is 4.90 Å². The summed E-state index contributed by atoms with van der Waals surface area (Å²) < 4.78 is 14.0. The van der Waals surface area contributed by atoms with Crippen LogP contribution in [0.5, 0.6) is 0 Å². The molecule has 5 heteroatoms. The first-order valence-corrected chi connectivity index (χ1v) is 8.43. The molecular weight excluding hydrogens is 303 g/mol. The van der Waals surface area contributed by atoms with Crippen LogP contribution in [0.1, 0.15) is 41.6 Å². The number of likely N-dealkylation sites (tertiary alicyclic amines) is 2. The Balaban J connectivity index is 1.73. The van der Waals surface area contributed by atoms with Gasteiger partial charge < -0.3 is 4.90 Å². The fourth-order valence-electron chi connectivity index (χ4n) is 3.52. The van der Waals surface area contributed by atoms with Crippen LogP contribution in [-0.2, 0) is 0 Å². The molecule has 0 radical (unpaired) electrons. The van der Waals surface area contributed by atoms with Crippen molar-refractivity contribution >= 4 is 17.5 Å². The highest BCUT2D eigenvalue weighted by atomic mass is 35.5. The van der Waals surface area contributed by atoms with Crippen molar-refractivity contribution < 1.29 is 9.18 Å². The summed E-state index contributed by atoms with van der Waals surface area (Å²) in [6.07, 6.45) is 4.75. The van der Waals surface area contributed by atoms with Gasteiger partial charge in [0.05, 0.1) is 10.6 Å². The second kappa shape index (κ2) is 6.55. The Bertz CT molecular complexity index is 572. The molecule has 0 aromatic heterocycles. The molecule has 2 fully saturated rings. The molecule has 1 amide bonds. The Morgan fingerprint density at radius 3 is 2.68 bits per heavy atom. The molecule has 2 heterocycles. The lowest BCUT2D eigenvalue weighted by molar-refractivity contribution is 0.0767. The highest BCUT2D eigenvalue weighted by Crippen LogP contribution is 2.27. The summed E-state index contributed by atoms with van der Waals surface area (Å²) >= 11 is 6.16. The first-order chi connectivity index (χ1) is 10.6. The normalized spacial score (nSPS) is 23.0. The average Bonchev–Trinajstić information content (AvgIpc) is 3.02. The molecule has 120 valence electrons. The van der Waals surface area contributed by atoms with Crippen LogP contribution < -0.4 is 0 Å². The van der Waals surface area contributed by atoms with Crippen LogP contribution >= 0.6 is 11.6 Å². The molecule has 0 spiro atoms. The second-order valence-corrected chi connectivity index (χ2v) is 6.72. The van der Waals surface area contributed by atoms with Crippen LogP contribution in [0, 0.1) is 12.7 Å². The van der Waals surface area contributed by atoms with E-state index in [0.29, 0.717) is 19.1 Å². The molecule has 0 bridgehead atoms. The van der Waals surface area contributed by atoms with Gasteiger partial charge in [-0.15, -0.1) is 0 Å². The van der Waals surface area contributed by atoms with Gasteiger partial charge in [0.15, 0.2) is 0 Å². The van der Waals surface area contributed by atoms with Crippen LogP contribution in [0.3, 0.4) is 0 Å². The van der Waals surface area contributed by atoms with Crippen molar-refractivity contribution in [2.45, 2.75) is 38.6 Å². The number of rotatable bonds is 2. The maximum absolute atomic E-state index is 14.0. The van der Waals surface area contributed by atoms with Gasteiger partial charge in [0.1, 0.15) is 5.82 Å². The van der Waals surface area contributed by atoms with Gasteiger partial charge in [-0.2, -0.15) is 0 Å². The maximum Gasteiger partial charge on any atom is 0.258 e. The molecule has 0 aliphatic carbocycles. The fraction of sp³-hybridized carbons (Fsp3) is 0.588. The first-order valence-electron chi connectivity index (χ1n) is 8.06. The van der Waals surface area contributed by atoms with Gasteiger partial charge in [-0.3, -0.25) is 9.69 Å². The monoisotopic (exact) mass is 324 g/mol. The van der Waals surface area contributed by atoms with Gasteiger partial charge in [-0.25, -0.2) is 4.39 Å². The molecule has 2 saturated heterocycles. The van der Waals surface area contributed by atoms with Crippen molar-refractivity contribution in [3.63, 3.8) is 0 Å². The molecule has 22 heavy (non-hydrogen) atoms. The minimum absolute atomic E-state index is 0.0287. The standard InChI is InChI=1S/C17H22ClFN2O/c1-12-5-6-14(19)15(16(12)18)17(22)21-10-7-13(11-21)20-8-3-2-4-9-20/h5-6,13H,2-4,7-11H2,1H3/t13-/m0/s1. The van der Waals surface area contributed by atoms with E-state index in [9.17, 15) is 9.18 Å². The highest BCUT2D eigenvalue weighted by molar-refractivity contribution is 6.34. The zero-order valence-corrected chi connectivity index (χ0v) is 13.7. The predicted molar refractivity (Wildman–Crippen MR) is 85.9 cm³/mol. The van der Waals surface area contributed by atoms with Crippen LogP contribution in [-0.4, -0.2) is 47.9 Å². The highest BCUT2D eigenvalue weighted by Gasteiger charge is 2.33. The quantitative estimate of drug-likeness (QED) is 0.831. The molecule has 0 unspecified atom stereocenters. The minimum Gasteiger partial charge on any atom is -0.337 e. The molecule has 0 N–H and O–H groups in total. The number of aryl methyl sites for hydroxylation is 1. The zero-order valence-electron chi connectivity index (χ0n) is 12.9. The third-order valence-electron chi connectivity index (χ3n) is 4.86. The Morgan fingerprint density at radius 2 is 1.95 bits per heavy atom. The number of halogens is 2. The molecule has 1 aromatic carbocycles. The van der Waals surface area contributed by atoms with E-state index < -0.39 is 5.82 Å². The number of carbonyl (C=O) groups is 1. The van der Waals surface area contributed by atoms with Crippen molar-refractivity contribution in [3.8, 4) is 0 Å². The van der Waals surface area contributed by atoms with E-state index in [1.807, 2.05) is 0 Å². The Kier molecular flexibility index (Phi) is 4.69. The maximum atomic E-state index is 14.0. The van der Waals surface area contributed by atoms with Gasteiger partial charge in [-0.1, -0.05) is 24.1 Å². The number of hydrogen-bond acceptors (Lipinski definition) is 2. The van der Waals surface area contributed by atoms with E-state index in [4.69, 9.17) is 11.6 Å². The van der Waals surface area contributed by atoms with Crippen molar-refractivity contribution in [1.29, 1.82) is 0 Å². The lowest BCUT2D eigenvalue weighted by atomic mass is 10.1. The number of hydrogen-bond donors (Lipinski definition) is 0. The summed E-state index contributed by atoms with van der Waals surface area (Å²) in [6.45, 7) is 5.39. The lowest BCUT2D eigenvalue weighted by Gasteiger charge is -2.32. The summed E-state index contributed by atoms with van der Waals surface area (Å²) in [5, 5.41) is 0.242. The van der Waals surface area contributed by atoms with Crippen molar-refractivity contribution in [3.05, 3.63) is 34.1 Å². The van der Waals surface area contributed by atoms with Gasteiger partial charge in [0, 0.05) is 19.1 Å². The fourth-order valence-corrected chi connectivity index (χ4v) is 3.75. The van der Waals surface area contributed by atoms with Crippen molar-refractivity contribution in [2.24, 2.45) is 0 Å². The lowest BCUT2D eigenvalue weighted by Crippen LogP contribution is -2.41. The molecule has 1 aromatic rings. The summed E-state index contributed by atoms with van der Waals surface area (Å²) in [5.41, 5.74) is 0.763. The second-order valence-electron chi connectivity index (χ2n) is 6.34. The van der Waals surface area contributed by atoms with E-state index in [-0.39, 0.29) is 16.5 Å². The van der Waals surface area contributed by atoms with E-state index in [0.717, 1.165) is 25.1 Å². The molecule has 3 rings (SSSR count). The molecule has 0 saturated carbocycles.